The van der Waals surface area contributed by atoms with Gasteiger partial charge in [-0.15, -0.1) is 0 Å². The summed E-state index contributed by atoms with van der Waals surface area (Å²) < 4.78 is 31.7. The predicted molar refractivity (Wildman–Crippen MR) is 109 cm³/mol. The van der Waals surface area contributed by atoms with Crippen LogP contribution < -0.4 is 10.1 Å². The van der Waals surface area contributed by atoms with E-state index in [4.69, 9.17) is 4.74 Å². The van der Waals surface area contributed by atoms with E-state index in [0.717, 1.165) is 29.9 Å². The number of carbonyl (C=O) groups is 1. The van der Waals surface area contributed by atoms with Crippen LogP contribution in [0.15, 0.2) is 36.7 Å². The zero-order valence-electron chi connectivity index (χ0n) is 16.9. The van der Waals surface area contributed by atoms with Gasteiger partial charge in [0.25, 0.3) is 5.91 Å². The van der Waals surface area contributed by atoms with Gasteiger partial charge in [-0.05, 0) is 24.6 Å². The van der Waals surface area contributed by atoms with Crippen molar-refractivity contribution in [1.82, 2.24) is 25.1 Å². The maximum atomic E-state index is 13.2. The van der Waals surface area contributed by atoms with E-state index < -0.39 is 11.6 Å². The normalized spacial score (nSPS) is 15.8. The third-order valence-corrected chi connectivity index (χ3v) is 5.20. The minimum Gasteiger partial charge on any atom is -0.493 e. The number of amides is 1. The Bertz CT molecular complexity index is 1060. The molecule has 1 aliphatic rings. The second-order valence-electron chi connectivity index (χ2n) is 7.27. The summed E-state index contributed by atoms with van der Waals surface area (Å²) >= 11 is 0. The average Bonchev–Trinajstić information content (AvgIpc) is 3.45. The van der Waals surface area contributed by atoms with E-state index in [2.05, 4.69) is 25.5 Å². The highest BCUT2D eigenvalue weighted by molar-refractivity contribution is 5.94. The molecule has 0 saturated carbocycles. The number of H-pyrrole nitrogens is 1. The average molecular weight is 428 g/mol. The van der Waals surface area contributed by atoms with Crippen molar-refractivity contribution in [2.24, 2.45) is 0 Å². The molecule has 0 bridgehead atoms. The van der Waals surface area contributed by atoms with E-state index in [0.29, 0.717) is 37.6 Å². The van der Waals surface area contributed by atoms with E-state index in [-0.39, 0.29) is 17.6 Å². The number of ether oxygens (including phenoxy) is 1. The molecular weight excluding hydrogens is 406 g/mol. The highest BCUT2D eigenvalue weighted by Gasteiger charge is 2.29. The smallest absolute Gasteiger partial charge is 0.257 e. The summed E-state index contributed by atoms with van der Waals surface area (Å²) in [6.07, 6.45) is 4.40. The molecule has 1 amide bonds. The van der Waals surface area contributed by atoms with E-state index >= 15 is 0 Å². The molecule has 1 aliphatic heterocycles. The number of aromatic nitrogens is 4. The van der Waals surface area contributed by atoms with Crippen LogP contribution in [0.3, 0.4) is 0 Å². The Morgan fingerprint density at radius 3 is 2.81 bits per heavy atom. The molecule has 31 heavy (non-hydrogen) atoms. The van der Waals surface area contributed by atoms with E-state index in [1.807, 2.05) is 6.07 Å². The monoisotopic (exact) mass is 428 g/mol. The Hall–Kier alpha value is -3.56. The maximum Gasteiger partial charge on any atom is 0.257 e. The molecule has 10 heteroatoms. The highest BCUT2D eigenvalue weighted by Crippen LogP contribution is 2.27. The van der Waals surface area contributed by atoms with Crippen molar-refractivity contribution in [1.29, 1.82) is 0 Å². The van der Waals surface area contributed by atoms with Gasteiger partial charge in [0.2, 0.25) is 5.95 Å². The van der Waals surface area contributed by atoms with Gasteiger partial charge in [-0.3, -0.25) is 9.89 Å². The number of benzene rings is 1. The zero-order chi connectivity index (χ0) is 21.8. The molecule has 0 aliphatic carbocycles. The van der Waals surface area contributed by atoms with Gasteiger partial charge in [-0.25, -0.2) is 18.7 Å². The van der Waals surface area contributed by atoms with Crippen LogP contribution in [0.2, 0.25) is 0 Å². The number of anilines is 1. The molecule has 8 nitrogen and oxygen atoms in total. The zero-order valence-corrected chi connectivity index (χ0v) is 16.9. The van der Waals surface area contributed by atoms with Gasteiger partial charge in [-0.1, -0.05) is 0 Å². The fourth-order valence-electron chi connectivity index (χ4n) is 3.50. The summed E-state index contributed by atoms with van der Waals surface area (Å²) in [5, 5.41) is 10.2. The van der Waals surface area contributed by atoms with Gasteiger partial charge >= 0.3 is 0 Å². The lowest BCUT2D eigenvalue weighted by atomic mass is 10.0. The van der Waals surface area contributed by atoms with Crippen molar-refractivity contribution in [2.45, 2.75) is 18.8 Å². The van der Waals surface area contributed by atoms with Crippen LogP contribution >= 0.6 is 0 Å². The molecule has 1 unspecified atom stereocenters. The Morgan fingerprint density at radius 1 is 1.26 bits per heavy atom. The summed E-state index contributed by atoms with van der Waals surface area (Å²) in [5.74, 6) is -1.06. The first-order chi connectivity index (χ1) is 15.0. The molecule has 0 radical (unpaired) electrons. The van der Waals surface area contributed by atoms with Crippen molar-refractivity contribution < 1.29 is 18.3 Å². The van der Waals surface area contributed by atoms with Crippen molar-refractivity contribution in [2.75, 3.05) is 32.1 Å². The number of likely N-dealkylation sites (tertiary alicyclic amines) is 1. The number of nitrogens with one attached hydrogen (secondary N) is 2. The van der Waals surface area contributed by atoms with Crippen molar-refractivity contribution in [3.05, 3.63) is 65.2 Å². The number of aromatic amines is 1. The number of halogens is 2. The van der Waals surface area contributed by atoms with E-state index in [1.54, 1.807) is 11.9 Å². The largest absolute Gasteiger partial charge is 0.493 e. The van der Waals surface area contributed by atoms with E-state index in [9.17, 15) is 13.6 Å². The van der Waals surface area contributed by atoms with Gasteiger partial charge in [0, 0.05) is 56.6 Å². The summed E-state index contributed by atoms with van der Waals surface area (Å²) in [5.41, 5.74) is 2.22. The quantitative estimate of drug-likeness (QED) is 0.601. The first kappa shape index (κ1) is 20.7. The van der Waals surface area contributed by atoms with Crippen LogP contribution in [0.5, 0.6) is 5.75 Å². The summed E-state index contributed by atoms with van der Waals surface area (Å²) in [4.78, 5) is 22.6. The number of hydrogen-bond donors (Lipinski definition) is 2. The van der Waals surface area contributed by atoms with Crippen molar-refractivity contribution in [3.8, 4) is 5.75 Å². The van der Waals surface area contributed by atoms with Gasteiger partial charge in [0.15, 0.2) is 11.6 Å². The predicted octanol–water partition coefficient (Wildman–Crippen LogP) is 2.77. The number of nitrogens with zero attached hydrogens (tertiary/aromatic N) is 4. The van der Waals surface area contributed by atoms with Gasteiger partial charge in [0.1, 0.15) is 5.75 Å². The molecule has 1 saturated heterocycles. The number of hydrogen-bond acceptors (Lipinski definition) is 6. The van der Waals surface area contributed by atoms with Gasteiger partial charge < -0.3 is 15.0 Å². The molecule has 4 rings (SSSR count). The maximum absolute atomic E-state index is 13.2. The second kappa shape index (κ2) is 9.07. The fourth-order valence-corrected chi connectivity index (χ4v) is 3.50. The minimum absolute atomic E-state index is 0.0964. The third kappa shape index (κ3) is 4.79. The molecule has 1 atom stereocenters. The van der Waals surface area contributed by atoms with Crippen molar-refractivity contribution in [3.63, 3.8) is 0 Å². The standard InChI is InChI=1S/C21H22F2N6O2/c1-24-21-25-10-14(11-26-21)20(30)29-6-4-13(12-29)19-8-15(27-28-19)5-7-31-16-2-3-17(22)18(23)9-16/h2-3,8-11,13H,4-7,12H2,1H3,(H,27,28)(H,24,25,26). The van der Waals surface area contributed by atoms with E-state index in [1.165, 1.54) is 18.5 Å². The van der Waals surface area contributed by atoms with Crippen LogP contribution in [-0.4, -0.2) is 57.7 Å². The Labute approximate surface area is 177 Å². The number of carbonyl (C=O) groups excluding carboxylic acids is 1. The Balaban J connectivity index is 1.29. The third-order valence-electron chi connectivity index (χ3n) is 5.20. The Kier molecular flexibility index (Phi) is 6.06. The molecule has 1 aromatic carbocycles. The number of rotatable bonds is 7. The lowest BCUT2D eigenvalue weighted by molar-refractivity contribution is 0.0790. The van der Waals surface area contributed by atoms with Crippen LogP contribution in [0.25, 0.3) is 0 Å². The topological polar surface area (TPSA) is 96.0 Å². The van der Waals surface area contributed by atoms with Crippen LogP contribution in [-0.2, 0) is 6.42 Å². The van der Waals surface area contributed by atoms with Crippen LogP contribution in [0, 0.1) is 11.6 Å². The molecule has 0 spiro atoms. The van der Waals surface area contributed by atoms with Crippen molar-refractivity contribution >= 4 is 11.9 Å². The second-order valence-corrected chi connectivity index (χ2v) is 7.27. The fraction of sp³-hybridized carbons (Fsp3) is 0.333. The highest BCUT2D eigenvalue weighted by atomic mass is 19.2. The summed E-state index contributed by atoms with van der Waals surface area (Å²) in [6.45, 7) is 1.51. The lowest BCUT2D eigenvalue weighted by Crippen LogP contribution is -2.28. The molecular formula is C21H22F2N6O2. The van der Waals surface area contributed by atoms with Gasteiger partial charge in [0.05, 0.1) is 17.9 Å². The SMILES string of the molecule is CNc1ncc(C(=O)N2CCC(c3cc(CCOc4ccc(F)c(F)c4)[nH]n3)C2)cn1. The summed E-state index contributed by atoms with van der Waals surface area (Å²) in [6, 6.07) is 5.40. The summed E-state index contributed by atoms with van der Waals surface area (Å²) in [7, 11) is 1.72. The van der Waals surface area contributed by atoms with Crippen LogP contribution in [0.1, 0.15) is 34.1 Å². The lowest BCUT2D eigenvalue weighted by Gasteiger charge is -2.15. The molecule has 2 aromatic heterocycles. The molecule has 1 fully saturated rings. The molecule has 2 N–H and O–H groups in total. The first-order valence-corrected chi connectivity index (χ1v) is 9.94. The Morgan fingerprint density at radius 2 is 2.06 bits per heavy atom. The minimum atomic E-state index is -0.939. The molecule has 162 valence electrons. The van der Waals surface area contributed by atoms with Crippen LogP contribution in [0.4, 0.5) is 14.7 Å². The van der Waals surface area contributed by atoms with Gasteiger partial charge in [-0.2, -0.15) is 5.10 Å². The molecule has 3 aromatic rings. The first-order valence-electron chi connectivity index (χ1n) is 9.94. The molecule has 3 heterocycles.